The number of likely N-dealkylation sites (N-methyl/N-ethyl adjacent to an activating group) is 1. The first kappa shape index (κ1) is 46.6. The van der Waals surface area contributed by atoms with E-state index in [4.69, 9.17) is 56.9 Å². The molecule has 0 amide bonds. The zero-order valence-electron chi connectivity index (χ0n) is 38.5. The average Bonchev–Trinajstić information content (AvgIpc) is 3.71. The molecule has 13 nitrogen and oxygen atoms in total. The van der Waals surface area contributed by atoms with Crippen molar-refractivity contribution in [2.75, 3.05) is 53.5 Å². The highest BCUT2D eigenvalue weighted by Crippen LogP contribution is 2.53. The summed E-state index contributed by atoms with van der Waals surface area (Å²) in [5, 5.41) is 12.3. The normalized spacial score (nSPS) is 18.9. The summed E-state index contributed by atoms with van der Waals surface area (Å²) in [7, 11) is 3.73. The van der Waals surface area contributed by atoms with Crippen molar-refractivity contribution in [3.63, 3.8) is 0 Å². The van der Waals surface area contributed by atoms with Crippen LogP contribution in [0, 0.1) is 19.3 Å². The van der Waals surface area contributed by atoms with Gasteiger partial charge in [-0.3, -0.25) is 4.90 Å². The number of ether oxygens (including phenoxy) is 5. The number of nitrogens with zero attached hydrogens (tertiary/aromatic N) is 6. The van der Waals surface area contributed by atoms with E-state index in [0.717, 1.165) is 78.1 Å². The third kappa shape index (κ3) is 9.91. The Hall–Kier alpha value is -5.51. The maximum atomic E-state index is 13.4. The molecular formula is C51H54Cl2N6O7S. The second kappa shape index (κ2) is 19.6. The number of thiophene rings is 1. The minimum atomic E-state index is -1.40. The quantitative estimate of drug-likeness (QED) is 0.147. The molecule has 0 saturated carbocycles. The summed E-state index contributed by atoms with van der Waals surface area (Å²) in [6, 6.07) is 14.7. The third-order valence-electron chi connectivity index (χ3n) is 13.0. The molecule has 3 aromatic carbocycles. The molecule has 2 atom stereocenters. The third-order valence-corrected chi connectivity index (χ3v) is 15.0. The van der Waals surface area contributed by atoms with Gasteiger partial charge in [0.1, 0.15) is 47.7 Å². The van der Waals surface area contributed by atoms with Crippen LogP contribution in [0.5, 0.6) is 28.9 Å². The lowest BCUT2D eigenvalue weighted by Gasteiger charge is -2.35. The van der Waals surface area contributed by atoms with Crippen molar-refractivity contribution >= 4 is 56.3 Å². The van der Waals surface area contributed by atoms with Gasteiger partial charge < -0.3 is 33.7 Å². The molecule has 1 N–H and O–H groups in total. The van der Waals surface area contributed by atoms with Crippen LogP contribution in [0.3, 0.4) is 0 Å². The van der Waals surface area contributed by atoms with Gasteiger partial charge in [0.05, 0.1) is 33.8 Å². The van der Waals surface area contributed by atoms with Crippen LogP contribution in [0.15, 0.2) is 67.1 Å². The Bertz CT molecular complexity index is 2830. The Morgan fingerprint density at radius 2 is 1.75 bits per heavy atom. The van der Waals surface area contributed by atoms with E-state index in [1.807, 2.05) is 38.1 Å². The first-order valence-electron chi connectivity index (χ1n) is 22.5. The summed E-state index contributed by atoms with van der Waals surface area (Å²) < 4.78 is 32.1. The van der Waals surface area contributed by atoms with Gasteiger partial charge in [-0.15, -0.1) is 11.3 Å². The maximum Gasteiger partial charge on any atom is 0.345 e. The van der Waals surface area contributed by atoms with E-state index < -0.39 is 18.2 Å². The smallest absolute Gasteiger partial charge is 0.345 e. The minimum absolute atomic E-state index is 0.0649. The number of halogens is 2. The molecule has 3 aliphatic heterocycles. The van der Waals surface area contributed by atoms with E-state index in [1.165, 1.54) is 23.2 Å². The number of aromatic nitrogens is 4. The molecule has 6 heterocycles. The summed E-state index contributed by atoms with van der Waals surface area (Å²) in [5.74, 6) is 1.39. The lowest BCUT2D eigenvalue weighted by Crippen LogP contribution is -2.49. The van der Waals surface area contributed by atoms with E-state index in [9.17, 15) is 9.90 Å². The van der Waals surface area contributed by atoms with Gasteiger partial charge in [-0.05, 0) is 104 Å². The summed E-state index contributed by atoms with van der Waals surface area (Å²) in [5.41, 5.74) is 6.36. The lowest BCUT2D eigenvalue weighted by molar-refractivity contribution is -0.145. The van der Waals surface area contributed by atoms with Crippen LogP contribution in [0.25, 0.3) is 38.3 Å². The molecule has 1 saturated heterocycles. The highest BCUT2D eigenvalue weighted by atomic mass is 35.5. The van der Waals surface area contributed by atoms with Gasteiger partial charge in [0, 0.05) is 61.3 Å². The molecule has 0 spiro atoms. The number of hydrogen-bond donors (Lipinski definition) is 1. The van der Waals surface area contributed by atoms with Crippen LogP contribution >= 0.6 is 34.5 Å². The first-order valence-corrected chi connectivity index (χ1v) is 24.1. The number of piperazine rings is 1. The molecule has 0 radical (unpaired) electrons. The van der Waals surface area contributed by atoms with Crippen LogP contribution in [0.4, 0.5) is 0 Å². The summed E-state index contributed by atoms with van der Waals surface area (Å²) in [4.78, 5) is 38.4. The zero-order chi connectivity index (χ0) is 47.0. The van der Waals surface area contributed by atoms with Crippen molar-refractivity contribution in [3.8, 4) is 51.4 Å². The number of para-hydroxylation sites is 1. The molecule has 3 aromatic heterocycles. The highest BCUT2D eigenvalue weighted by molar-refractivity contribution is 7.20. The van der Waals surface area contributed by atoms with Gasteiger partial charge in [0.15, 0.2) is 11.6 Å². The number of fused-ring (bicyclic) bond motifs is 7. The monoisotopic (exact) mass is 964 g/mol. The number of methoxy groups -OCH3 is 1. The van der Waals surface area contributed by atoms with Crippen molar-refractivity contribution < 1.29 is 33.6 Å². The number of allylic oxidation sites excluding steroid dienone is 2. The van der Waals surface area contributed by atoms with Gasteiger partial charge in [0.2, 0.25) is 12.0 Å². The van der Waals surface area contributed by atoms with Crippen LogP contribution in [-0.2, 0) is 17.8 Å². The molecular weight excluding hydrogens is 912 g/mol. The van der Waals surface area contributed by atoms with Gasteiger partial charge in [-0.25, -0.2) is 24.7 Å². The molecule has 1 aliphatic carbocycles. The number of carboxylic acid groups (broad SMARTS) is 1. The maximum absolute atomic E-state index is 13.4. The standard InChI is InChI=1S/C51H54Cl2N6O7S/c1-29-40-30(2)44(53)45(43(29)52)65-35(25-59-21-19-58(5)20-22-59)27-63-34-11-12-37(64-26-33-15-18-54-47(57-33)36-9-7-8-10-38(36)62-6)32(23-34)24-39(50(60)61)66-48-42-41(40)46(67-49(42)56-28-55-48)31-13-16-51(3,4)17-14-31/h7-13,15,18,23,28,35,39H,14,16-17,19-22,24-27H2,1-6H3,(H,60,61)/t35-,39-/m1/s1. The Labute approximate surface area is 404 Å². The van der Waals surface area contributed by atoms with E-state index >= 15 is 0 Å². The Morgan fingerprint density at radius 1 is 0.970 bits per heavy atom. The van der Waals surface area contributed by atoms with Crippen LogP contribution in [0.1, 0.15) is 60.4 Å². The molecule has 4 aliphatic rings. The van der Waals surface area contributed by atoms with E-state index in [1.54, 1.807) is 37.6 Å². The Morgan fingerprint density at radius 3 is 2.48 bits per heavy atom. The second-order valence-corrected chi connectivity index (χ2v) is 20.0. The van der Waals surface area contributed by atoms with Gasteiger partial charge in [0.25, 0.3) is 0 Å². The fourth-order valence-electron chi connectivity index (χ4n) is 9.01. The second-order valence-electron chi connectivity index (χ2n) is 18.3. The number of aliphatic carboxylic acids is 1. The van der Waals surface area contributed by atoms with Gasteiger partial charge in [-0.2, -0.15) is 0 Å². The topological polar surface area (TPSA) is 141 Å². The van der Waals surface area contributed by atoms with E-state index in [-0.39, 0.29) is 30.9 Å². The van der Waals surface area contributed by atoms with Gasteiger partial charge in [-0.1, -0.05) is 55.3 Å². The summed E-state index contributed by atoms with van der Waals surface area (Å²) >= 11 is 16.4. The molecule has 350 valence electrons. The predicted molar refractivity (Wildman–Crippen MR) is 262 cm³/mol. The number of carbonyl (C=O) groups is 1. The van der Waals surface area contributed by atoms with Crippen LogP contribution in [0.2, 0.25) is 10.0 Å². The number of rotatable bonds is 9. The molecule has 6 aromatic rings. The number of carboxylic acids is 1. The van der Waals surface area contributed by atoms with Crippen LogP contribution in [-0.4, -0.2) is 107 Å². The first-order chi connectivity index (χ1) is 32.3. The van der Waals surface area contributed by atoms with Crippen LogP contribution < -0.4 is 23.7 Å². The number of hydrogen-bond acceptors (Lipinski definition) is 13. The molecule has 16 heteroatoms. The molecule has 10 rings (SSSR count). The van der Waals surface area contributed by atoms with Crippen molar-refractivity contribution in [2.45, 2.75) is 72.2 Å². The summed E-state index contributed by atoms with van der Waals surface area (Å²) in [6.45, 7) is 12.8. The minimum Gasteiger partial charge on any atom is -0.496 e. The fraction of sp³-hybridized carbons (Fsp3) is 0.392. The SMILES string of the molecule is COc1ccccc1-c1nccc(COc2ccc3cc2C[C@H](C(=O)O)Oc2ncnc4sc(C5=CCC(C)(C)CC5)c(c24)-c2c(C)c(Cl)c(c(Cl)c2C)O[C@H](CN2CCN(C)CC2)CO3)n1. The lowest BCUT2D eigenvalue weighted by atomic mass is 9.77. The zero-order valence-corrected chi connectivity index (χ0v) is 40.9. The molecule has 67 heavy (non-hydrogen) atoms. The summed E-state index contributed by atoms with van der Waals surface area (Å²) in [6.07, 6.45) is 6.16. The molecule has 0 unspecified atom stereocenters. The van der Waals surface area contributed by atoms with E-state index in [2.05, 4.69) is 46.7 Å². The van der Waals surface area contributed by atoms with Crippen molar-refractivity contribution in [3.05, 3.63) is 104 Å². The average molecular weight is 966 g/mol. The number of benzene rings is 3. The van der Waals surface area contributed by atoms with Gasteiger partial charge >= 0.3 is 5.97 Å². The fourth-order valence-corrected chi connectivity index (χ4v) is 10.7. The predicted octanol–water partition coefficient (Wildman–Crippen LogP) is 10.4. The van der Waals surface area contributed by atoms with E-state index in [0.29, 0.717) is 66.9 Å². The largest absolute Gasteiger partial charge is 0.496 e. The molecule has 4 bridgehead atoms. The Kier molecular flexibility index (Phi) is 13.6. The highest BCUT2D eigenvalue weighted by Gasteiger charge is 2.33. The van der Waals surface area contributed by atoms with Crippen molar-refractivity contribution in [1.82, 2.24) is 29.7 Å². The molecule has 1 fully saturated rings. The Balaban J connectivity index is 1.16. The van der Waals surface area contributed by atoms with Crippen molar-refractivity contribution in [2.24, 2.45) is 5.41 Å². The van der Waals surface area contributed by atoms with Crippen molar-refractivity contribution in [1.29, 1.82) is 0 Å².